The van der Waals surface area contributed by atoms with E-state index in [1.807, 2.05) is 20.8 Å². The van der Waals surface area contributed by atoms with Crippen LogP contribution < -0.4 is 0 Å². The van der Waals surface area contributed by atoms with Gasteiger partial charge in [-0.15, -0.1) is 0 Å². The Morgan fingerprint density at radius 1 is 0.895 bits per heavy atom. The van der Waals surface area contributed by atoms with Crippen LogP contribution in [0, 0.1) is 0 Å². The van der Waals surface area contributed by atoms with E-state index >= 15 is 0 Å². The monoisotopic (exact) mass is 290 g/mol. The summed E-state index contributed by atoms with van der Waals surface area (Å²) in [7, 11) is -2.39. The fraction of sp³-hybridized carbons (Fsp3) is 1.00. The van der Waals surface area contributed by atoms with Crippen molar-refractivity contribution in [3.63, 3.8) is 0 Å². The van der Waals surface area contributed by atoms with Crippen molar-refractivity contribution in [1.29, 1.82) is 0 Å². The fourth-order valence-corrected chi connectivity index (χ4v) is 4.99. The van der Waals surface area contributed by atoms with E-state index in [9.17, 15) is 0 Å². The fourth-order valence-electron chi connectivity index (χ4n) is 2.30. The number of rotatable bonds is 13. The summed E-state index contributed by atoms with van der Waals surface area (Å²) in [6, 6.07) is 0.947. The first-order chi connectivity index (χ1) is 9.26. The normalized spacial score (nSPS) is 18.8. The molecule has 114 valence electrons. The summed E-state index contributed by atoms with van der Waals surface area (Å²) >= 11 is 0. The van der Waals surface area contributed by atoms with E-state index in [2.05, 4.69) is 0 Å². The maximum absolute atomic E-state index is 5.84. The van der Waals surface area contributed by atoms with Crippen LogP contribution in [0.4, 0.5) is 0 Å². The molecule has 1 rings (SSSR count). The first-order valence-corrected chi connectivity index (χ1v) is 9.73. The van der Waals surface area contributed by atoms with Crippen molar-refractivity contribution < 1.29 is 18.0 Å². The maximum Gasteiger partial charge on any atom is 0.500 e. The topological polar surface area (TPSA) is 40.2 Å². The molecule has 0 radical (unpaired) electrons. The Morgan fingerprint density at radius 2 is 1.42 bits per heavy atom. The molecule has 0 aromatic heterocycles. The van der Waals surface area contributed by atoms with Crippen molar-refractivity contribution >= 4 is 8.80 Å². The molecule has 1 fully saturated rings. The van der Waals surface area contributed by atoms with Gasteiger partial charge in [-0.2, -0.15) is 0 Å². The molecule has 0 amide bonds. The first kappa shape index (κ1) is 17.1. The van der Waals surface area contributed by atoms with E-state index in [0.29, 0.717) is 25.9 Å². The minimum absolute atomic E-state index is 0.573. The van der Waals surface area contributed by atoms with Gasteiger partial charge in [0.05, 0.1) is 12.7 Å². The van der Waals surface area contributed by atoms with Gasteiger partial charge in [-0.1, -0.05) is 19.3 Å². The van der Waals surface area contributed by atoms with Crippen LogP contribution in [0.1, 0.15) is 52.9 Å². The highest BCUT2D eigenvalue weighted by molar-refractivity contribution is 6.60. The molecular weight excluding hydrogens is 260 g/mol. The van der Waals surface area contributed by atoms with Gasteiger partial charge in [-0.25, -0.2) is 0 Å². The zero-order valence-corrected chi connectivity index (χ0v) is 13.8. The highest BCUT2D eigenvalue weighted by Crippen LogP contribution is 2.22. The average molecular weight is 290 g/mol. The third-order valence-electron chi connectivity index (χ3n) is 3.25. The zero-order valence-electron chi connectivity index (χ0n) is 12.8. The third-order valence-corrected chi connectivity index (χ3v) is 6.41. The van der Waals surface area contributed by atoms with E-state index in [1.165, 1.54) is 25.7 Å². The van der Waals surface area contributed by atoms with E-state index in [4.69, 9.17) is 18.0 Å². The standard InChI is InChI=1S/C14H30O4Si/c1-4-16-19(17-5-2,18-6-3)12-10-8-7-9-11-14-13-15-14/h14H,4-13H2,1-3H3. The molecule has 0 N–H and O–H groups in total. The molecule has 0 bridgehead atoms. The van der Waals surface area contributed by atoms with Gasteiger partial charge < -0.3 is 18.0 Å². The lowest BCUT2D eigenvalue weighted by Gasteiger charge is -2.28. The van der Waals surface area contributed by atoms with Crippen LogP contribution in [0.3, 0.4) is 0 Å². The lowest BCUT2D eigenvalue weighted by atomic mass is 10.1. The largest absolute Gasteiger partial charge is 0.500 e. The van der Waals surface area contributed by atoms with Crippen LogP contribution in [0.25, 0.3) is 0 Å². The number of unbranched alkanes of at least 4 members (excludes halogenated alkanes) is 3. The van der Waals surface area contributed by atoms with Crippen LogP contribution in [0.2, 0.25) is 6.04 Å². The summed E-state index contributed by atoms with van der Waals surface area (Å²) < 4.78 is 22.7. The molecule has 1 unspecified atom stereocenters. The summed E-state index contributed by atoms with van der Waals surface area (Å²) in [6.07, 6.45) is 6.72. The minimum Gasteiger partial charge on any atom is -0.374 e. The van der Waals surface area contributed by atoms with Gasteiger partial charge in [0.1, 0.15) is 0 Å². The second-order valence-electron chi connectivity index (χ2n) is 4.89. The van der Waals surface area contributed by atoms with E-state index in [0.717, 1.165) is 19.1 Å². The van der Waals surface area contributed by atoms with Gasteiger partial charge in [-0.05, 0) is 33.6 Å². The van der Waals surface area contributed by atoms with Crippen molar-refractivity contribution in [1.82, 2.24) is 0 Å². The lowest BCUT2D eigenvalue weighted by Crippen LogP contribution is -2.45. The third kappa shape index (κ3) is 7.42. The van der Waals surface area contributed by atoms with E-state index in [1.54, 1.807) is 0 Å². The van der Waals surface area contributed by atoms with Gasteiger partial charge in [0.25, 0.3) is 0 Å². The number of epoxide rings is 1. The predicted octanol–water partition coefficient (Wildman–Crippen LogP) is 3.38. The van der Waals surface area contributed by atoms with Crippen LogP contribution in [-0.2, 0) is 18.0 Å². The quantitative estimate of drug-likeness (QED) is 0.296. The summed E-state index contributed by atoms with van der Waals surface area (Å²) in [5, 5.41) is 0. The second-order valence-corrected chi connectivity index (χ2v) is 7.62. The Morgan fingerprint density at radius 3 is 1.89 bits per heavy atom. The Balaban J connectivity index is 2.17. The van der Waals surface area contributed by atoms with Crippen LogP contribution in [-0.4, -0.2) is 41.3 Å². The number of hydrogen-bond donors (Lipinski definition) is 0. The predicted molar refractivity (Wildman–Crippen MR) is 78.3 cm³/mol. The molecule has 0 aromatic rings. The van der Waals surface area contributed by atoms with Gasteiger partial charge in [0.2, 0.25) is 0 Å². The molecule has 1 atom stereocenters. The minimum atomic E-state index is -2.39. The summed E-state index contributed by atoms with van der Waals surface area (Å²) in [4.78, 5) is 0. The van der Waals surface area contributed by atoms with Crippen LogP contribution in [0.5, 0.6) is 0 Å². The molecule has 1 aliphatic rings. The molecule has 19 heavy (non-hydrogen) atoms. The second kappa shape index (κ2) is 9.88. The zero-order chi connectivity index (χ0) is 14.0. The van der Waals surface area contributed by atoms with Crippen LogP contribution in [0.15, 0.2) is 0 Å². The van der Waals surface area contributed by atoms with Crippen molar-refractivity contribution in [2.24, 2.45) is 0 Å². The van der Waals surface area contributed by atoms with Crippen molar-refractivity contribution in [2.45, 2.75) is 65.0 Å². The van der Waals surface area contributed by atoms with Gasteiger partial charge in [0.15, 0.2) is 0 Å². The van der Waals surface area contributed by atoms with Crippen molar-refractivity contribution in [2.75, 3.05) is 26.4 Å². The Labute approximate surface area is 119 Å². The molecule has 0 aliphatic carbocycles. The molecule has 1 aliphatic heterocycles. The van der Waals surface area contributed by atoms with Gasteiger partial charge >= 0.3 is 8.80 Å². The first-order valence-electron chi connectivity index (χ1n) is 7.79. The van der Waals surface area contributed by atoms with E-state index < -0.39 is 8.80 Å². The van der Waals surface area contributed by atoms with E-state index in [-0.39, 0.29) is 0 Å². The van der Waals surface area contributed by atoms with Crippen LogP contribution >= 0.6 is 0 Å². The Bertz CT molecular complexity index is 204. The molecular formula is C14H30O4Si. The maximum atomic E-state index is 5.84. The van der Waals surface area contributed by atoms with Gasteiger partial charge in [0, 0.05) is 25.9 Å². The lowest BCUT2D eigenvalue weighted by molar-refractivity contribution is 0.0706. The Kier molecular flexibility index (Phi) is 8.90. The molecule has 1 heterocycles. The highest BCUT2D eigenvalue weighted by Gasteiger charge is 2.39. The summed E-state index contributed by atoms with van der Waals surface area (Å²) in [5.41, 5.74) is 0. The van der Waals surface area contributed by atoms with Crippen molar-refractivity contribution in [3.05, 3.63) is 0 Å². The molecule has 1 saturated heterocycles. The Hall–Kier alpha value is 0.0569. The van der Waals surface area contributed by atoms with Crippen molar-refractivity contribution in [3.8, 4) is 0 Å². The molecule has 0 aromatic carbocycles. The van der Waals surface area contributed by atoms with Gasteiger partial charge in [-0.3, -0.25) is 0 Å². The molecule has 0 spiro atoms. The smallest absolute Gasteiger partial charge is 0.374 e. The average Bonchev–Trinajstić information content (AvgIpc) is 3.19. The highest BCUT2D eigenvalue weighted by atomic mass is 28.4. The molecule has 4 nitrogen and oxygen atoms in total. The molecule has 0 saturated carbocycles. The summed E-state index contributed by atoms with van der Waals surface area (Å²) in [5.74, 6) is 0. The SMILES string of the molecule is CCO[Si](CCCCCCC1CO1)(OCC)OCC. The number of hydrogen-bond acceptors (Lipinski definition) is 4. The molecule has 5 heteroatoms. The number of ether oxygens (including phenoxy) is 1. The summed E-state index contributed by atoms with van der Waals surface area (Å²) in [6.45, 7) is 9.02.